The van der Waals surface area contributed by atoms with Crippen LogP contribution in [0, 0.1) is 23.4 Å². The molecule has 0 amide bonds. The molecule has 5 heteroatoms. The number of carbonyl (C=O) groups is 1. The van der Waals surface area contributed by atoms with Gasteiger partial charge in [0.2, 0.25) is 0 Å². The molecule has 0 aromatic heterocycles. The molecule has 1 aliphatic rings. The van der Waals surface area contributed by atoms with Gasteiger partial charge in [-0.25, -0.2) is 13.2 Å². The smallest absolute Gasteiger partial charge is 0.309 e. The van der Waals surface area contributed by atoms with E-state index in [2.05, 4.69) is 0 Å². The number of carbonyl (C=O) groups excluding carboxylic acids is 1. The molecule has 0 radical (unpaired) electrons. The van der Waals surface area contributed by atoms with Gasteiger partial charge in [0.1, 0.15) is 17.5 Å². The number of benzene rings is 2. The van der Waals surface area contributed by atoms with Gasteiger partial charge in [0.15, 0.2) is 0 Å². The van der Waals surface area contributed by atoms with Gasteiger partial charge in [0.05, 0.1) is 18.1 Å². The van der Waals surface area contributed by atoms with E-state index in [1.807, 2.05) is 0 Å². The fourth-order valence-electron chi connectivity index (χ4n) is 2.91. The second-order valence-electron chi connectivity index (χ2n) is 5.50. The van der Waals surface area contributed by atoms with Crippen LogP contribution in [-0.2, 0) is 9.53 Å². The summed E-state index contributed by atoms with van der Waals surface area (Å²) < 4.78 is 47.4. The first kappa shape index (κ1) is 15.6. The Morgan fingerprint density at radius 2 is 1.70 bits per heavy atom. The van der Waals surface area contributed by atoms with Gasteiger partial charge in [0.25, 0.3) is 0 Å². The van der Waals surface area contributed by atoms with Crippen LogP contribution in [0.3, 0.4) is 0 Å². The molecule has 2 aromatic rings. The minimum Gasteiger partial charge on any atom is -0.466 e. The van der Waals surface area contributed by atoms with Crippen molar-refractivity contribution in [1.82, 2.24) is 0 Å². The quantitative estimate of drug-likeness (QED) is 0.779. The average Bonchev–Trinajstić information content (AvgIpc) is 3.28. The lowest BCUT2D eigenvalue weighted by molar-refractivity contribution is -0.144. The molecule has 23 heavy (non-hydrogen) atoms. The van der Waals surface area contributed by atoms with Crippen LogP contribution in [0.2, 0.25) is 0 Å². The lowest BCUT2D eigenvalue weighted by atomic mass is 9.94. The van der Waals surface area contributed by atoms with Gasteiger partial charge >= 0.3 is 5.97 Å². The Kier molecular flexibility index (Phi) is 4.11. The molecule has 2 aromatic carbocycles. The van der Waals surface area contributed by atoms with Crippen LogP contribution in [0.4, 0.5) is 13.2 Å². The largest absolute Gasteiger partial charge is 0.466 e. The molecule has 2 atom stereocenters. The highest BCUT2D eigenvalue weighted by Gasteiger charge is 2.47. The van der Waals surface area contributed by atoms with Crippen molar-refractivity contribution in [3.63, 3.8) is 0 Å². The molecule has 0 heterocycles. The molecule has 1 saturated carbocycles. The van der Waals surface area contributed by atoms with Gasteiger partial charge in [-0.15, -0.1) is 0 Å². The van der Waals surface area contributed by atoms with Gasteiger partial charge in [-0.1, -0.05) is 18.2 Å². The number of halogens is 3. The predicted molar refractivity (Wildman–Crippen MR) is 79.2 cm³/mol. The minimum absolute atomic E-state index is 0.150. The van der Waals surface area contributed by atoms with E-state index in [-0.39, 0.29) is 23.3 Å². The van der Waals surface area contributed by atoms with E-state index in [0.717, 1.165) is 12.1 Å². The maximum atomic E-state index is 14.3. The highest BCUT2D eigenvalue weighted by atomic mass is 19.1. The Hall–Kier alpha value is -2.30. The number of ether oxygens (including phenoxy) is 1. The number of hydrogen-bond acceptors (Lipinski definition) is 2. The predicted octanol–water partition coefficient (Wildman–Crippen LogP) is 4.44. The van der Waals surface area contributed by atoms with E-state index in [4.69, 9.17) is 4.74 Å². The normalized spacial score (nSPS) is 19.5. The Morgan fingerprint density at radius 1 is 1.09 bits per heavy atom. The molecule has 3 rings (SSSR count). The molecule has 0 aliphatic heterocycles. The van der Waals surface area contributed by atoms with Crippen LogP contribution in [0.5, 0.6) is 0 Å². The van der Waals surface area contributed by atoms with Crippen molar-refractivity contribution in [1.29, 1.82) is 0 Å². The lowest BCUT2D eigenvalue weighted by Crippen LogP contribution is -2.08. The highest BCUT2D eigenvalue weighted by molar-refractivity contribution is 5.79. The van der Waals surface area contributed by atoms with E-state index in [1.54, 1.807) is 6.92 Å². The van der Waals surface area contributed by atoms with Crippen molar-refractivity contribution >= 4 is 5.97 Å². The van der Waals surface area contributed by atoms with Gasteiger partial charge in [-0.3, -0.25) is 4.79 Å². The Labute approximate surface area is 131 Å². The first-order valence-electron chi connectivity index (χ1n) is 7.44. The second kappa shape index (κ2) is 6.07. The maximum Gasteiger partial charge on any atom is 0.309 e. The zero-order valence-electron chi connectivity index (χ0n) is 12.5. The fraction of sp³-hybridized carbons (Fsp3) is 0.278. The number of hydrogen-bond donors (Lipinski definition) is 0. The molecule has 0 spiro atoms. The molecule has 120 valence electrons. The van der Waals surface area contributed by atoms with Gasteiger partial charge in [-0.05, 0) is 42.7 Å². The summed E-state index contributed by atoms with van der Waals surface area (Å²) in [6.07, 6.45) is 0.419. The van der Waals surface area contributed by atoms with Gasteiger partial charge in [0, 0.05) is 5.92 Å². The first-order valence-corrected chi connectivity index (χ1v) is 7.44. The fourth-order valence-corrected chi connectivity index (χ4v) is 2.91. The van der Waals surface area contributed by atoms with Crippen LogP contribution in [0.15, 0.2) is 36.4 Å². The third kappa shape index (κ3) is 2.83. The molecule has 1 fully saturated rings. The summed E-state index contributed by atoms with van der Waals surface area (Å²) in [4.78, 5) is 11.8. The second-order valence-corrected chi connectivity index (χ2v) is 5.50. The summed E-state index contributed by atoms with van der Waals surface area (Å²) in [7, 11) is 0. The number of rotatable bonds is 4. The molecular weight excluding hydrogens is 305 g/mol. The van der Waals surface area contributed by atoms with Crippen LogP contribution in [0.1, 0.15) is 24.8 Å². The third-order valence-corrected chi connectivity index (χ3v) is 4.04. The maximum absolute atomic E-state index is 14.3. The molecule has 0 bridgehead atoms. The first-order chi connectivity index (χ1) is 11.0. The monoisotopic (exact) mass is 320 g/mol. The summed E-state index contributed by atoms with van der Waals surface area (Å²) in [5.74, 6) is -3.36. The summed E-state index contributed by atoms with van der Waals surface area (Å²) in [6.45, 7) is 1.94. The zero-order chi connectivity index (χ0) is 16.6. The molecular formula is C18H15F3O2. The molecule has 1 aliphatic carbocycles. The Balaban J connectivity index is 2.05. The standard InChI is InChI=1S/C18H15F3O2/c1-2-23-18(22)12-9-11(12)16-10(5-3-6-13(16)19)17-14(20)7-4-8-15(17)21/h3-8,11-12H,2,9H2,1H3/t11-,12-/m1/s1. The molecule has 0 saturated heterocycles. The van der Waals surface area contributed by atoms with Crippen LogP contribution >= 0.6 is 0 Å². The van der Waals surface area contributed by atoms with Crippen LogP contribution in [-0.4, -0.2) is 12.6 Å². The van der Waals surface area contributed by atoms with Crippen molar-refractivity contribution in [2.75, 3.05) is 6.61 Å². The van der Waals surface area contributed by atoms with Crippen LogP contribution < -0.4 is 0 Å². The molecule has 0 N–H and O–H groups in total. The Morgan fingerprint density at radius 3 is 2.35 bits per heavy atom. The van der Waals surface area contributed by atoms with Gasteiger partial charge < -0.3 is 4.74 Å². The highest BCUT2D eigenvalue weighted by Crippen LogP contribution is 2.52. The molecule has 0 unspecified atom stereocenters. The van der Waals surface area contributed by atoms with Crippen molar-refractivity contribution in [2.24, 2.45) is 5.92 Å². The lowest BCUT2D eigenvalue weighted by Gasteiger charge is -2.12. The number of esters is 1. The third-order valence-electron chi connectivity index (χ3n) is 4.04. The van der Waals surface area contributed by atoms with E-state index in [9.17, 15) is 18.0 Å². The summed E-state index contributed by atoms with van der Waals surface area (Å²) in [5, 5.41) is 0. The Bertz CT molecular complexity index is 738. The summed E-state index contributed by atoms with van der Waals surface area (Å²) >= 11 is 0. The summed E-state index contributed by atoms with van der Waals surface area (Å²) in [6, 6.07) is 7.62. The van der Waals surface area contributed by atoms with Crippen molar-refractivity contribution in [3.05, 3.63) is 59.4 Å². The van der Waals surface area contributed by atoms with E-state index < -0.39 is 35.3 Å². The van der Waals surface area contributed by atoms with Gasteiger partial charge in [-0.2, -0.15) is 0 Å². The van der Waals surface area contributed by atoms with Crippen LogP contribution in [0.25, 0.3) is 11.1 Å². The van der Waals surface area contributed by atoms with E-state index in [0.29, 0.717) is 6.42 Å². The summed E-state index contributed by atoms with van der Waals surface area (Å²) in [5.41, 5.74) is 0.0588. The topological polar surface area (TPSA) is 26.3 Å². The minimum atomic E-state index is -0.759. The molecule has 2 nitrogen and oxygen atoms in total. The van der Waals surface area contributed by atoms with E-state index in [1.165, 1.54) is 24.3 Å². The zero-order valence-corrected chi connectivity index (χ0v) is 12.5. The van der Waals surface area contributed by atoms with E-state index >= 15 is 0 Å². The van der Waals surface area contributed by atoms with Crippen molar-refractivity contribution in [3.8, 4) is 11.1 Å². The average molecular weight is 320 g/mol. The van der Waals surface area contributed by atoms with Crippen molar-refractivity contribution < 1.29 is 22.7 Å². The SMILES string of the molecule is CCOC(=O)[C@@H]1C[C@H]1c1c(F)cccc1-c1c(F)cccc1F. The van der Waals surface area contributed by atoms with Crippen molar-refractivity contribution in [2.45, 2.75) is 19.3 Å².